The first-order valence-electron chi connectivity index (χ1n) is 7.39. The smallest absolute Gasteiger partial charge is 0.315 e. The number of methoxy groups -OCH3 is 2. The van der Waals surface area contributed by atoms with Gasteiger partial charge in [-0.15, -0.1) is 0 Å². The Balaban J connectivity index is 2.26. The Morgan fingerprint density at radius 1 is 1.04 bits per heavy atom. The van der Waals surface area contributed by atoms with E-state index in [2.05, 4.69) is 5.32 Å². The molecular weight excluding hydrogens is 316 g/mol. The second kappa shape index (κ2) is 8.29. The number of halogens is 2. The summed E-state index contributed by atoms with van der Waals surface area (Å²) < 4.78 is 35.7. The van der Waals surface area contributed by atoms with E-state index < -0.39 is 18.4 Å². The molecule has 24 heavy (non-hydrogen) atoms. The monoisotopic (exact) mass is 335 g/mol. The number of hydrogen-bond acceptors (Lipinski definition) is 3. The minimum Gasteiger partial charge on any atom is -0.493 e. The third kappa shape index (κ3) is 4.44. The first-order chi connectivity index (χ1) is 11.5. The van der Waals surface area contributed by atoms with E-state index in [0.717, 1.165) is 11.1 Å². The van der Waals surface area contributed by atoms with E-state index in [4.69, 9.17) is 9.47 Å². The van der Waals surface area contributed by atoms with Crippen LogP contribution in [0.3, 0.4) is 0 Å². The largest absolute Gasteiger partial charge is 0.493 e. The lowest BCUT2D eigenvalue weighted by atomic mass is 9.98. The lowest BCUT2D eigenvalue weighted by Crippen LogP contribution is -2.34. The van der Waals surface area contributed by atoms with Crippen LogP contribution in [0.2, 0.25) is 0 Å². The van der Waals surface area contributed by atoms with Gasteiger partial charge in [0.2, 0.25) is 0 Å². The van der Waals surface area contributed by atoms with Gasteiger partial charge < -0.3 is 14.8 Å². The molecule has 0 aliphatic heterocycles. The van der Waals surface area contributed by atoms with Gasteiger partial charge in [0.15, 0.2) is 11.5 Å². The predicted octanol–water partition coefficient (Wildman–Crippen LogP) is 3.37. The zero-order valence-corrected chi connectivity index (χ0v) is 13.5. The second-order valence-electron chi connectivity index (χ2n) is 5.17. The van der Waals surface area contributed by atoms with Crippen molar-refractivity contribution in [2.75, 3.05) is 14.2 Å². The Morgan fingerprint density at radius 2 is 1.71 bits per heavy atom. The fourth-order valence-electron chi connectivity index (χ4n) is 2.42. The number of alkyl halides is 2. The van der Waals surface area contributed by atoms with Crippen LogP contribution in [-0.2, 0) is 11.2 Å². The molecule has 0 aliphatic carbocycles. The van der Waals surface area contributed by atoms with Gasteiger partial charge >= 0.3 is 6.43 Å². The molecular formula is C18H19F2NO3. The summed E-state index contributed by atoms with van der Waals surface area (Å²) in [5.74, 6) is -0.166. The molecule has 2 aromatic carbocycles. The normalized spacial score (nSPS) is 11.9. The van der Waals surface area contributed by atoms with Crippen LogP contribution in [0, 0.1) is 0 Å². The quantitative estimate of drug-likeness (QED) is 0.844. The molecule has 0 heterocycles. The van der Waals surface area contributed by atoms with E-state index >= 15 is 0 Å². The molecule has 0 spiro atoms. The summed E-state index contributed by atoms with van der Waals surface area (Å²) >= 11 is 0. The molecule has 0 aliphatic rings. The molecule has 2 rings (SSSR count). The highest BCUT2D eigenvalue weighted by Crippen LogP contribution is 2.29. The Morgan fingerprint density at radius 3 is 2.29 bits per heavy atom. The molecule has 0 radical (unpaired) electrons. The van der Waals surface area contributed by atoms with Crippen molar-refractivity contribution in [2.24, 2.45) is 0 Å². The summed E-state index contributed by atoms with van der Waals surface area (Å²) in [6, 6.07) is 13.8. The molecule has 0 aromatic heterocycles. The second-order valence-corrected chi connectivity index (χ2v) is 5.17. The minimum absolute atomic E-state index is 0.350. The minimum atomic E-state index is -3.05. The van der Waals surface area contributed by atoms with Crippen LogP contribution in [0.4, 0.5) is 8.78 Å². The Kier molecular flexibility index (Phi) is 6.12. The van der Waals surface area contributed by atoms with Crippen molar-refractivity contribution in [3.8, 4) is 11.5 Å². The van der Waals surface area contributed by atoms with Crippen LogP contribution >= 0.6 is 0 Å². The topological polar surface area (TPSA) is 47.6 Å². The molecule has 0 bridgehead atoms. The summed E-state index contributed by atoms with van der Waals surface area (Å²) in [4.78, 5) is 11.4. The molecule has 1 amide bonds. The van der Waals surface area contributed by atoms with Crippen molar-refractivity contribution in [1.82, 2.24) is 5.32 Å². The Labute approximate surface area is 139 Å². The van der Waals surface area contributed by atoms with E-state index in [-0.39, 0.29) is 0 Å². The van der Waals surface area contributed by atoms with E-state index in [9.17, 15) is 13.6 Å². The molecule has 2 aromatic rings. The van der Waals surface area contributed by atoms with E-state index in [1.165, 1.54) is 14.2 Å². The van der Waals surface area contributed by atoms with E-state index in [0.29, 0.717) is 17.9 Å². The van der Waals surface area contributed by atoms with Crippen LogP contribution < -0.4 is 14.8 Å². The molecule has 1 unspecified atom stereocenters. The maximum absolute atomic E-state index is 12.6. The van der Waals surface area contributed by atoms with Gasteiger partial charge in [-0.25, -0.2) is 0 Å². The molecule has 0 saturated heterocycles. The zero-order valence-electron chi connectivity index (χ0n) is 13.5. The van der Waals surface area contributed by atoms with Gasteiger partial charge in [0.05, 0.1) is 20.3 Å². The molecule has 4 nitrogen and oxygen atoms in total. The van der Waals surface area contributed by atoms with Crippen molar-refractivity contribution in [3.05, 3.63) is 59.7 Å². The summed E-state index contributed by atoms with van der Waals surface area (Å²) in [6.07, 6.45) is -2.70. The van der Waals surface area contributed by atoms with Gasteiger partial charge in [0.1, 0.15) is 0 Å². The summed E-state index contributed by atoms with van der Waals surface area (Å²) in [7, 11) is 3.06. The highest BCUT2D eigenvalue weighted by Gasteiger charge is 2.21. The third-order valence-electron chi connectivity index (χ3n) is 3.60. The predicted molar refractivity (Wildman–Crippen MR) is 86.6 cm³/mol. The number of benzene rings is 2. The number of amides is 1. The van der Waals surface area contributed by atoms with Crippen molar-refractivity contribution in [2.45, 2.75) is 18.9 Å². The number of hydrogen-bond donors (Lipinski definition) is 1. The first kappa shape index (κ1) is 17.7. The maximum Gasteiger partial charge on any atom is 0.315 e. The average Bonchev–Trinajstić information content (AvgIpc) is 2.61. The lowest BCUT2D eigenvalue weighted by Gasteiger charge is -2.20. The number of ether oxygens (including phenoxy) is 2. The van der Waals surface area contributed by atoms with Crippen molar-refractivity contribution in [3.63, 3.8) is 0 Å². The standard InChI is InChI=1S/C18H19F2NO3/c1-23-15-9-8-12(11-16(15)24-2)10-14(21-18(22)17(19)20)13-6-4-3-5-7-13/h3-9,11,14,17H,10H2,1-2H3,(H,21,22). The van der Waals surface area contributed by atoms with Crippen molar-refractivity contribution < 1.29 is 23.0 Å². The van der Waals surface area contributed by atoms with Gasteiger partial charge in [-0.3, -0.25) is 4.79 Å². The maximum atomic E-state index is 12.6. The Bertz CT molecular complexity index is 677. The summed E-state index contributed by atoms with van der Waals surface area (Å²) in [6.45, 7) is 0. The molecule has 1 N–H and O–H groups in total. The van der Waals surface area contributed by atoms with Crippen molar-refractivity contribution >= 4 is 5.91 Å². The first-order valence-corrected chi connectivity index (χ1v) is 7.39. The highest BCUT2D eigenvalue weighted by atomic mass is 19.3. The van der Waals surface area contributed by atoms with Crippen molar-refractivity contribution in [1.29, 1.82) is 0 Å². The molecule has 1 atom stereocenters. The van der Waals surface area contributed by atoms with Gasteiger partial charge in [-0.2, -0.15) is 8.78 Å². The van der Waals surface area contributed by atoms with Gasteiger partial charge in [0, 0.05) is 0 Å². The highest BCUT2D eigenvalue weighted by molar-refractivity contribution is 5.79. The SMILES string of the molecule is COc1ccc(CC(NC(=O)C(F)F)c2ccccc2)cc1OC. The fraction of sp³-hybridized carbons (Fsp3) is 0.278. The zero-order chi connectivity index (χ0) is 17.5. The fourth-order valence-corrected chi connectivity index (χ4v) is 2.42. The van der Waals surface area contributed by atoms with E-state index in [1.807, 2.05) is 12.1 Å². The molecule has 0 saturated carbocycles. The van der Waals surface area contributed by atoms with E-state index in [1.54, 1.807) is 36.4 Å². The molecule has 6 heteroatoms. The Hall–Kier alpha value is -2.63. The van der Waals surface area contributed by atoms with Crippen LogP contribution in [0.1, 0.15) is 17.2 Å². The number of rotatable bonds is 7. The van der Waals surface area contributed by atoms with Crippen LogP contribution in [0.15, 0.2) is 48.5 Å². The lowest BCUT2D eigenvalue weighted by molar-refractivity contribution is -0.132. The number of carbonyl (C=O) groups excluding carboxylic acids is 1. The van der Waals surface area contributed by atoms with Crippen LogP contribution in [-0.4, -0.2) is 26.6 Å². The number of carbonyl (C=O) groups is 1. The van der Waals surface area contributed by atoms with Gasteiger partial charge in [-0.05, 0) is 29.7 Å². The van der Waals surface area contributed by atoms with Gasteiger partial charge in [-0.1, -0.05) is 36.4 Å². The van der Waals surface area contributed by atoms with Crippen LogP contribution in [0.25, 0.3) is 0 Å². The van der Waals surface area contributed by atoms with Crippen LogP contribution in [0.5, 0.6) is 11.5 Å². The molecule has 128 valence electrons. The van der Waals surface area contributed by atoms with Gasteiger partial charge in [0.25, 0.3) is 5.91 Å². The third-order valence-corrected chi connectivity index (χ3v) is 3.60. The summed E-state index contributed by atoms with van der Waals surface area (Å²) in [5, 5.41) is 2.39. The summed E-state index contributed by atoms with van der Waals surface area (Å²) in [5.41, 5.74) is 1.58. The molecule has 0 fully saturated rings. The average molecular weight is 335 g/mol. The number of nitrogens with one attached hydrogen (secondary N) is 1.